The van der Waals surface area contributed by atoms with Gasteiger partial charge in [0.15, 0.2) is 0 Å². The van der Waals surface area contributed by atoms with Crippen LogP contribution in [0.25, 0.3) is 0 Å². The number of thioether (sulfide) groups is 1. The zero-order valence-electron chi connectivity index (χ0n) is 11.2. The Kier molecular flexibility index (Phi) is 5.78. The molecule has 6 heteroatoms. The first kappa shape index (κ1) is 15.1. The summed E-state index contributed by atoms with van der Waals surface area (Å²) >= 11 is 1.83. The number of hydrogen-bond acceptors (Lipinski definition) is 3. The second kappa shape index (κ2) is 6.87. The van der Waals surface area contributed by atoms with Gasteiger partial charge in [0, 0.05) is 18.3 Å². The highest BCUT2D eigenvalue weighted by molar-refractivity contribution is 7.99. The molecule has 1 unspecified atom stereocenters. The second-order valence-electron chi connectivity index (χ2n) is 4.93. The van der Waals surface area contributed by atoms with E-state index in [1.807, 2.05) is 11.8 Å². The molecule has 0 aliphatic carbocycles. The van der Waals surface area contributed by atoms with Crippen molar-refractivity contribution in [2.45, 2.75) is 38.0 Å². The van der Waals surface area contributed by atoms with E-state index in [9.17, 15) is 9.59 Å². The normalized spacial score (nSPS) is 18.8. The van der Waals surface area contributed by atoms with E-state index < -0.39 is 12.0 Å². The zero-order chi connectivity index (χ0) is 13.7. The summed E-state index contributed by atoms with van der Waals surface area (Å²) in [6.45, 7) is 5.00. The molecule has 0 spiro atoms. The lowest BCUT2D eigenvalue weighted by atomic mass is 10.1. The summed E-state index contributed by atoms with van der Waals surface area (Å²) in [5.41, 5.74) is 0. The summed E-state index contributed by atoms with van der Waals surface area (Å²) in [6, 6.07) is -1.06. The minimum Gasteiger partial charge on any atom is -0.480 e. The molecule has 104 valence electrons. The van der Waals surface area contributed by atoms with Crippen LogP contribution in [0.5, 0.6) is 0 Å². The van der Waals surface area contributed by atoms with Crippen molar-refractivity contribution in [2.75, 3.05) is 19.3 Å². The number of carbonyl (C=O) groups excluding carboxylic acids is 1. The van der Waals surface area contributed by atoms with Crippen molar-refractivity contribution in [3.8, 4) is 0 Å². The highest BCUT2D eigenvalue weighted by atomic mass is 32.2. The number of hydrogen-bond donors (Lipinski definition) is 2. The van der Waals surface area contributed by atoms with Crippen LogP contribution in [0, 0.1) is 5.92 Å². The Balaban J connectivity index is 2.48. The number of carboxylic acids is 1. The molecule has 1 heterocycles. The molecule has 1 rings (SSSR count). The number of piperidine rings is 1. The fraction of sp³-hybridized carbons (Fsp3) is 0.833. The van der Waals surface area contributed by atoms with Gasteiger partial charge >= 0.3 is 12.0 Å². The highest BCUT2D eigenvalue weighted by Crippen LogP contribution is 2.20. The van der Waals surface area contributed by atoms with Gasteiger partial charge in [-0.05, 0) is 25.0 Å². The van der Waals surface area contributed by atoms with Gasteiger partial charge in [-0.2, -0.15) is 11.8 Å². The standard InChI is InChI=1S/C12H22N2O3S/c1-8(2)10(11(15)16)13-12(17)14-6-4-9(18-3)5-7-14/h8-10H,4-7H2,1-3H3,(H,13,17)(H,15,16). The molecule has 5 nitrogen and oxygen atoms in total. The van der Waals surface area contributed by atoms with Crippen LogP contribution in [0.2, 0.25) is 0 Å². The molecular weight excluding hydrogens is 252 g/mol. The summed E-state index contributed by atoms with van der Waals surface area (Å²) in [7, 11) is 0. The van der Waals surface area contributed by atoms with Crippen LogP contribution in [-0.4, -0.2) is 52.6 Å². The van der Waals surface area contributed by atoms with E-state index in [1.54, 1.807) is 18.7 Å². The van der Waals surface area contributed by atoms with E-state index in [0.29, 0.717) is 18.3 Å². The number of rotatable bonds is 4. The van der Waals surface area contributed by atoms with E-state index in [0.717, 1.165) is 12.8 Å². The van der Waals surface area contributed by atoms with E-state index in [4.69, 9.17) is 5.11 Å². The number of urea groups is 1. The van der Waals surface area contributed by atoms with Crippen LogP contribution in [0.3, 0.4) is 0 Å². The van der Waals surface area contributed by atoms with E-state index in [1.165, 1.54) is 0 Å². The third kappa shape index (κ3) is 4.08. The molecule has 0 saturated carbocycles. The molecule has 18 heavy (non-hydrogen) atoms. The molecule has 1 fully saturated rings. The van der Waals surface area contributed by atoms with Gasteiger partial charge in [0.25, 0.3) is 0 Å². The van der Waals surface area contributed by atoms with Gasteiger partial charge in [0.05, 0.1) is 0 Å². The molecule has 0 aromatic carbocycles. The van der Waals surface area contributed by atoms with E-state index in [-0.39, 0.29) is 11.9 Å². The molecule has 2 N–H and O–H groups in total. The zero-order valence-corrected chi connectivity index (χ0v) is 12.0. The van der Waals surface area contributed by atoms with Crippen molar-refractivity contribution < 1.29 is 14.7 Å². The maximum atomic E-state index is 12.0. The van der Waals surface area contributed by atoms with Gasteiger partial charge in [-0.1, -0.05) is 13.8 Å². The van der Waals surface area contributed by atoms with Crippen molar-refractivity contribution in [1.82, 2.24) is 10.2 Å². The Morgan fingerprint density at radius 3 is 2.28 bits per heavy atom. The summed E-state index contributed by atoms with van der Waals surface area (Å²) in [6.07, 6.45) is 4.04. The van der Waals surface area contributed by atoms with Gasteiger partial charge < -0.3 is 15.3 Å². The number of carbonyl (C=O) groups is 2. The van der Waals surface area contributed by atoms with Crippen LogP contribution in [0.15, 0.2) is 0 Å². The van der Waals surface area contributed by atoms with Crippen molar-refractivity contribution >= 4 is 23.8 Å². The predicted molar refractivity (Wildman–Crippen MR) is 72.9 cm³/mol. The summed E-state index contributed by atoms with van der Waals surface area (Å²) in [4.78, 5) is 24.7. The summed E-state index contributed by atoms with van der Waals surface area (Å²) in [5.74, 6) is -1.09. The molecule has 0 aromatic heterocycles. The van der Waals surface area contributed by atoms with Gasteiger partial charge in [-0.3, -0.25) is 0 Å². The maximum absolute atomic E-state index is 12.0. The van der Waals surface area contributed by atoms with Crippen molar-refractivity contribution in [1.29, 1.82) is 0 Å². The predicted octanol–water partition coefficient (Wildman–Crippen LogP) is 1.63. The first-order chi connectivity index (χ1) is 8.45. The number of amides is 2. The molecule has 0 aromatic rings. The molecule has 1 aliphatic heterocycles. The molecular formula is C12H22N2O3S. The highest BCUT2D eigenvalue weighted by Gasteiger charge is 2.28. The Morgan fingerprint density at radius 1 is 1.33 bits per heavy atom. The lowest BCUT2D eigenvalue weighted by Gasteiger charge is -2.32. The number of nitrogens with one attached hydrogen (secondary N) is 1. The van der Waals surface area contributed by atoms with Crippen molar-refractivity contribution in [3.63, 3.8) is 0 Å². The molecule has 2 amide bonds. The van der Waals surface area contributed by atoms with Gasteiger partial charge in [-0.25, -0.2) is 9.59 Å². The Hall–Kier alpha value is -0.910. The monoisotopic (exact) mass is 274 g/mol. The quantitative estimate of drug-likeness (QED) is 0.817. The van der Waals surface area contributed by atoms with Crippen molar-refractivity contribution in [3.05, 3.63) is 0 Å². The van der Waals surface area contributed by atoms with Crippen LogP contribution in [0.1, 0.15) is 26.7 Å². The first-order valence-electron chi connectivity index (χ1n) is 6.26. The van der Waals surface area contributed by atoms with E-state index in [2.05, 4.69) is 11.6 Å². The molecule has 0 radical (unpaired) electrons. The fourth-order valence-corrected chi connectivity index (χ4v) is 2.71. The number of nitrogens with zero attached hydrogens (tertiary/aromatic N) is 1. The van der Waals surface area contributed by atoms with Crippen LogP contribution < -0.4 is 5.32 Å². The second-order valence-corrected chi connectivity index (χ2v) is 6.07. The molecule has 0 bridgehead atoms. The van der Waals surface area contributed by atoms with Gasteiger partial charge in [-0.15, -0.1) is 0 Å². The van der Waals surface area contributed by atoms with Gasteiger partial charge in [0.1, 0.15) is 6.04 Å². The minimum atomic E-state index is -0.975. The third-order valence-corrected chi connectivity index (χ3v) is 4.41. The molecule has 1 atom stereocenters. The summed E-state index contributed by atoms with van der Waals surface area (Å²) < 4.78 is 0. The van der Waals surface area contributed by atoms with Crippen LogP contribution in [0.4, 0.5) is 4.79 Å². The first-order valence-corrected chi connectivity index (χ1v) is 7.55. The number of likely N-dealkylation sites (tertiary alicyclic amines) is 1. The Labute approximate surface area is 112 Å². The van der Waals surface area contributed by atoms with Crippen molar-refractivity contribution in [2.24, 2.45) is 5.92 Å². The summed E-state index contributed by atoms with van der Waals surface area (Å²) in [5, 5.41) is 12.3. The van der Waals surface area contributed by atoms with Gasteiger partial charge in [0.2, 0.25) is 0 Å². The SMILES string of the molecule is CSC1CCN(C(=O)NC(C(=O)O)C(C)C)CC1. The maximum Gasteiger partial charge on any atom is 0.326 e. The van der Waals surface area contributed by atoms with Crippen LogP contribution in [-0.2, 0) is 4.79 Å². The average Bonchev–Trinajstić information content (AvgIpc) is 2.35. The topological polar surface area (TPSA) is 69.6 Å². The largest absolute Gasteiger partial charge is 0.480 e. The van der Waals surface area contributed by atoms with E-state index >= 15 is 0 Å². The fourth-order valence-electron chi connectivity index (χ4n) is 2.03. The average molecular weight is 274 g/mol. The minimum absolute atomic E-state index is 0.116. The number of carboxylic acid groups (broad SMARTS) is 1. The lowest BCUT2D eigenvalue weighted by molar-refractivity contribution is -0.140. The number of aliphatic carboxylic acids is 1. The van der Waals surface area contributed by atoms with Crippen LogP contribution >= 0.6 is 11.8 Å². The smallest absolute Gasteiger partial charge is 0.326 e. The Bertz CT molecular complexity index is 302. The Morgan fingerprint density at radius 2 is 1.89 bits per heavy atom. The third-order valence-electron chi connectivity index (χ3n) is 3.27. The molecule has 1 aliphatic rings. The molecule has 1 saturated heterocycles. The lowest BCUT2D eigenvalue weighted by Crippen LogP contribution is -2.52.